The normalized spacial score (nSPS) is 13.5. The molecule has 4 nitrogen and oxygen atoms in total. The highest BCUT2D eigenvalue weighted by Crippen LogP contribution is 2.38. The van der Waals surface area contributed by atoms with Crippen LogP contribution >= 0.6 is 11.6 Å². The second kappa shape index (κ2) is 5.33. The Morgan fingerprint density at radius 2 is 1.95 bits per heavy atom. The zero-order valence-electron chi connectivity index (χ0n) is 11.4. The van der Waals surface area contributed by atoms with E-state index < -0.39 is 0 Å². The lowest BCUT2D eigenvalue weighted by molar-refractivity contribution is 0.336. The smallest absolute Gasteiger partial charge is 0.0834 e. The van der Waals surface area contributed by atoms with Crippen molar-refractivity contribution in [1.29, 1.82) is 0 Å². The Bertz CT molecular complexity index is 528. The van der Waals surface area contributed by atoms with Crippen LogP contribution in [0.25, 0.3) is 0 Å². The molecule has 1 aromatic heterocycles. The summed E-state index contributed by atoms with van der Waals surface area (Å²) in [5, 5.41) is 4.80. The van der Waals surface area contributed by atoms with Crippen molar-refractivity contribution in [2.24, 2.45) is 12.9 Å². The number of hydrogen-bond donors (Lipinski definition) is 2. The van der Waals surface area contributed by atoms with Gasteiger partial charge in [0.1, 0.15) is 0 Å². The molecule has 0 spiro atoms. The molecule has 0 radical (unpaired) electrons. The summed E-state index contributed by atoms with van der Waals surface area (Å²) in [5.41, 5.74) is 4.74. The number of hydrogen-bond acceptors (Lipinski definition) is 3. The summed E-state index contributed by atoms with van der Waals surface area (Å²) in [5.74, 6) is 5.78. The summed E-state index contributed by atoms with van der Waals surface area (Å²) in [7, 11) is 1.87. The third kappa shape index (κ3) is 2.52. The molecule has 2 aromatic rings. The van der Waals surface area contributed by atoms with Crippen LogP contribution in [0, 0.1) is 0 Å². The Hall–Kier alpha value is -1.36. The van der Waals surface area contributed by atoms with Crippen molar-refractivity contribution in [1.82, 2.24) is 15.2 Å². The van der Waals surface area contributed by atoms with Crippen molar-refractivity contribution >= 4 is 11.6 Å². The maximum atomic E-state index is 6.23. The molecular weight excluding hydrogens is 260 g/mol. The monoisotopic (exact) mass is 278 g/mol. The zero-order chi connectivity index (χ0) is 14.0. The van der Waals surface area contributed by atoms with E-state index in [1.54, 1.807) is 10.9 Å². The van der Waals surface area contributed by atoms with E-state index in [1.165, 1.54) is 5.56 Å². The Labute approximate surface area is 118 Å². The first kappa shape index (κ1) is 14.1. The Morgan fingerprint density at radius 1 is 1.32 bits per heavy atom. The molecule has 0 saturated carbocycles. The number of halogens is 1. The standard InChI is InChI=1S/C14H19ClN4/c1-14(2,10-7-5-4-6-8-10)13(18-16)12-11(15)9-17-19(12)3/h4-9,13,18H,16H2,1-3H3. The fourth-order valence-corrected chi connectivity index (χ4v) is 2.68. The maximum Gasteiger partial charge on any atom is 0.0834 e. The van der Waals surface area contributed by atoms with Crippen molar-refractivity contribution in [2.45, 2.75) is 25.3 Å². The van der Waals surface area contributed by atoms with Gasteiger partial charge in [0.05, 0.1) is 23.0 Å². The van der Waals surface area contributed by atoms with Crippen LogP contribution in [0.2, 0.25) is 5.02 Å². The molecule has 0 saturated heterocycles. The minimum absolute atomic E-state index is 0.130. The largest absolute Gasteiger partial charge is 0.271 e. The lowest BCUT2D eigenvalue weighted by atomic mass is 9.76. The van der Waals surface area contributed by atoms with Gasteiger partial charge in [-0.05, 0) is 5.56 Å². The predicted molar refractivity (Wildman–Crippen MR) is 77.8 cm³/mol. The number of aryl methyl sites for hydroxylation is 1. The lowest BCUT2D eigenvalue weighted by Gasteiger charge is -2.34. The van der Waals surface area contributed by atoms with Gasteiger partial charge in [-0.2, -0.15) is 5.10 Å². The van der Waals surface area contributed by atoms with E-state index in [9.17, 15) is 0 Å². The van der Waals surface area contributed by atoms with Crippen LogP contribution < -0.4 is 11.3 Å². The molecule has 2 rings (SSSR count). The van der Waals surface area contributed by atoms with Crippen LogP contribution in [-0.4, -0.2) is 9.78 Å². The van der Waals surface area contributed by atoms with E-state index in [4.69, 9.17) is 17.4 Å². The number of hydrazine groups is 1. The Kier molecular flexibility index (Phi) is 3.94. The topological polar surface area (TPSA) is 55.9 Å². The van der Waals surface area contributed by atoms with E-state index in [0.717, 1.165) is 5.69 Å². The SMILES string of the molecule is Cn1ncc(Cl)c1C(NN)C(C)(C)c1ccccc1. The molecule has 0 aliphatic rings. The van der Waals surface area contributed by atoms with Gasteiger partial charge in [0.2, 0.25) is 0 Å². The van der Waals surface area contributed by atoms with Gasteiger partial charge in [-0.1, -0.05) is 55.8 Å². The molecule has 0 bridgehead atoms. The van der Waals surface area contributed by atoms with Crippen LogP contribution in [0.3, 0.4) is 0 Å². The minimum Gasteiger partial charge on any atom is -0.271 e. The van der Waals surface area contributed by atoms with Crippen LogP contribution in [0.5, 0.6) is 0 Å². The molecule has 19 heavy (non-hydrogen) atoms. The molecular formula is C14H19ClN4. The van der Waals surface area contributed by atoms with Crippen molar-refractivity contribution in [3.63, 3.8) is 0 Å². The van der Waals surface area contributed by atoms with Gasteiger partial charge in [-0.25, -0.2) is 0 Å². The summed E-state index contributed by atoms with van der Waals surface area (Å²) >= 11 is 6.23. The summed E-state index contributed by atoms with van der Waals surface area (Å²) in [6.07, 6.45) is 1.64. The molecule has 5 heteroatoms. The van der Waals surface area contributed by atoms with Crippen molar-refractivity contribution in [3.05, 3.63) is 52.8 Å². The molecule has 0 fully saturated rings. The summed E-state index contributed by atoms with van der Waals surface area (Å²) < 4.78 is 1.76. The molecule has 1 unspecified atom stereocenters. The molecule has 1 heterocycles. The first-order valence-electron chi connectivity index (χ1n) is 6.17. The van der Waals surface area contributed by atoms with Crippen LogP contribution in [0.15, 0.2) is 36.5 Å². The zero-order valence-corrected chi connectivity index (χ0v) is 12.1. The van der Waals surface area contributed by atoms with E-state index in [0.29, 0.717) is 5.02 Å². The number of aromatic nitrogens is 2. The minimum atomic E-state index is -0.215. The van der Waals surface area contributed by atoms with E-state index in [2.05, 4.69) is 36.5 Å². The van der Waals surface area contributed by atoms with Gasteiger partial charge < -0.3 is 0 Å². The molecule has 0 aliphatic carbocycles. The second-order valence-electron chi connectivity index (χ2n) is 5.19. The van der Waals surface area contributed by atoms with Crippen molar-refractivity contribution in [3.8, 4) is 0 Å². The third-order valence-corrected chi connectivity index (χ3v) is 3.91. The van der Waals surface area contributed by atoms with Gasteiger partial charge in [-0.15, -0.1) is 0 Å². The third-order valence-electron chi connectivity index (χ3n) is 3.62. The number of benzene rings is 1. The van der Waals surface area contributed by atoms with E-state index in [1.807, 2.05) is 25.2 Å². The highest BCUT2D eigenvalue weighted by atomic mass is 35.5. The van der Waals surface area contributed by atoms with E-state index in [-0.39, 0.29) is 11.5 Å². The fraction of sp³-hybridized carbons (Fsp3) is 0.357. The molecule has 0 aliphatic heterocycles. The Morgan fingerprint density at radius 3 is 2.42 bits per heavy atom. The molecule has 102 valence electrons. The molecule has 1 aromatic carbocycles. The van der Waals surface area contributed by atoms with Crippen LogP contribution in [-0.2, 0) is 12.5 Å². The number of rotatable bonds is 4. The summed E-state index contributed by atoms with van der Waals surface area (Å²) in [4.78, 5) is 0. The van der Waals surface area contributed by atoms with E-state index >= 15 is 0 Å². The average molecular weight is 279 g/mol. The first-order valence-corrected chi connectivity index (χ1v) is 6.55. The summed E-state index contributed by atoms with van der Waals surface area (Å²) in [6, 6.07) is 10.1. The second-order valence-corrected chi connectivity index (χ2v) is 5.60. The molecule has 1 atom stereocenters. The summed E-state index contributed by atoms with van der Waals surface area (Å²) in [6.45, 7) is 4.27. The highest BCUT2D eigenvalue weighted by molar-refractivity contribution is 6.31. The maximum absolute atomic E-state index is 6.23. The quantitative estimate of drug-likeness (QED) is 0.668. The number of nitrogens with one attached hydrogen (secondary N) is 1. The van der Waals surface area contributed by atoms with Crippen LogP contribution in [0.1, 0.15) is 31.1 Å². The number of nitrogens with two attached hydrogens (primary N) is 1. The Balaban J connectivity index is 2.48. The van der Waals surface area contributed by atoms with Gasteiger partial charge in [0.25, 0.3) is 0 Å². The molecule has 0 amide bonds. The van der Waals surface area contributed by atoms with Crippen LogP contribution in [0.4, 0.5) is 0 Å². The average Bonchev–Trinajstić information content (AvgIpc) is 2.72. The first-order chi connectivity index (χ1) is 8.98. The lowest BCUT2D eigenvalue weighted by Crippen LogP contribution is -2.42. The number of nitrogens with zero attached hydrogens (tertiary/aromatic N) is 2. The van der Waals surface area contributed by atoms with Gasteiger partial charge in [-0.3, -0.25) is 16.0 Å². The highest BCUT2D eigenvalue weighted by Gasteiger charge is 2.35. The van der Waals surface area contributed by atoms with Gasteiger partial charge in [0.15, 0.2) is 0 Å². The van der Waals surface area contributed by atoms with Crippen molar-refractivity contribution in [2.75, 3.05) is 0 Å². The molecule has 3 N–H and O–H groups in total. The fourth-order valence-electron chi connectivity index (χ4n) is 2.41. The van der Waals surface area contributed by atoms with Gasteiger partial charge >= 0.3 is 0 Å². The predicted octanol–water partition coefficient (Wildman–Crippen LogP) is 2.56. The van der Waals surface area contributed by atoms with Gasteiger partial charge in [0, 0.05) is 12.5 Å². The van der Waals surface area contributed by atoms with Crippen molar-refractivity contribution < 1.29 is 0 Å².